The van der Waals surface area contributed by atoms with Crippen LogP contribution in [-0.2, 0) is 98.6 Å². The Morgan fingerprint density at radius 3 is 1.48 bits per heavy atom. The van der Waals surface area contributed by atoms with Gasteiger partial charge in [0.05, 0.1) is 14.2 Å². The summed E-state index contributed by atoms with van der Waals surface area (Å²) in [4.78, 5) is 104. The summed E-state index contributed by atoms with van der Waals surface area (Å²) in [5.74, 6) is -7.62. The standard InChI is InChI=1S/C42H55NO20.ClH/c1-10-15-43-16-11-12-26-17-27-25(18-28(26)43)13-14-29(60-41-37(58-23(6)48)33(56-21(4)46)31(54-19(2)44)35(62-41)39(50)52-8)30(27)61-42-38(59-24(7)49)34(57-22(5)47)32(55-20(3)45)36(63-42)40(51)53-9;/h13-14,26,28,31-38,41-42H,10-12,15-18H2,1-9H3;1H/t26-,28-,31+,32+,33+,34+,35+,36+,37-,38-,41-,42-;/m1./s1. The van der Waals surface area contributed by atoms with Crippen LogP contribution in [0.15, 0.2) is 12.1 Å². The van der Waals surface area contributed by atoms with E-state index >= 15 is 0 Å². The number of carbonyl (C=O) groups is 8. The van der Waals surface area contributed by atoms with Gasteiger partial charge in [0.2, 0.25) is 24.8 Å². The minimum absolute atomic E-state index is 0. The molecular formula is C42H56ClNO20. The van der Waals surface area contributed by atoms with E-state index in [1.165, 1.54) is 6.07 Å². The summed E-state index contributed by atoms with van der Waals surface area (Å²) >= 11 is 0. The van der Waals surface area contributed by atoms with Crippen molar-refractivity contribution in [2.45, 2.75) is 148 Å². The molecule has 0 N–H and O–H groups in total. The Labute approximate surface area is 375 Å². The predicted molar refractivity (Wildman–Crippen MR) is 215 cm³/mol. The van der Waals surface area contributed by atoms with Gasteiger partial charge in [-0.15, -0.1) is 12.4 Å². The fourth-order valence-corrected chi connectivity index (χ4v) is 8.67. The molecule has 1 aromatic rings. The second-order valence-electron chi connectivity index (χ2n) is 15.5. The third-order valence-electron chi connectivity index (χ3n) is 10.9. The number of benzene rings is 1. The monoisotopic (exact) mass is 929 g/mol. The van der Waals surface area contributed by atoms with Crippen molar-refractivity contribution in [2.24, 2.45) is 5.92 Å². The van der Waals surface area contributed by atoms with Gasteiger partial charge in [-0.1, -0.05) is 13.0 Å². The number of hydrogen-bond donors (Lipinski definition) is 0. The minimum atomic E-state index is -1.82. The average Bonchev–Trinajstić information content (AvgIpc) is 3.20. The van der Waals surface area contributed by atoms with Gasteiger partial charge in [-0.25, -0.2) is 9.59 Å². The van der Waals surface area contributed by atoms with E-state index in [0.717, 1.165) is 93.7 Å². The van der Waals surface area contributed by atoms with Crippen molar-refractivity contribution < 1.29 is 95.2 Å². The molecule has 0 radical (unpaired) electrons. The van der Waals surface area contributed by atoms with Crippen molar-refractivity contribution in [1.82, 2.24) is 4.90 Å². The third-order valence-corrected chi connectivity index (χ3v) is 10.9. The van der Waals surface area contributed by atoms with E-state index < -0.39 is 109 Å². The lowest BCUT2D eigenvalue weighted by atomic mass is 9.75. The van der Waals surface area contributed by atoms with E-state index in [1.54, 1.807) is 6.07 Å². The van der Waals surface area contributed by atoms with E-state index in [4.69, 9.17) is 56.8 Å². The molecule has 0 saturated carbocycles. The first-order chi connectivity index (χ1) is 29.9. The fourth-order valence-electron chi connectivity index (χ4n) is 8.67. The van der Waals surface area contributed by atoms with Gasteiger partial charge in [-0.05, 0) is 62.7 Å². The largest absolute Gasteiger partial charge is 0.467 e. The van der Waals surface area contributed by atoms with Crippen molar-refractivity contribution >= 4 is 60.2 Å². The summed E-state index contributed by atoms with van der Waals surface area (Å²) in [5.41, 5.74) is 1.42. The maximum atomic E-state index is 13.3. The van der Waals surface area contributed by atoms with Gasteiger partial charge in [0.15, 0.2) is 48.1 Å². The van der Waals surface area contributed by atoms with Gasteiger partial charge in [0.1, 0.15) is 0 Å². The van der Waals surface area contributed by atoms with Gasteiger partial charge in [-0.2, -0.15) is 0 Å². The number of rotatable bonds is 14. The van der Waals surface area contributed by atoms with Crippen LogP contribution in [0.2, 0.25) is 0 Å². The number of nitrogens with zero attached hydrogens (tertiary/aromatic N) is 1. The number of halogens is 1. The van der Waals surface area contributed by atoms with E-state index in [1.807, 2.05) is 0 Å². The number of esters is 8. The minimum Gasteiger partial charge on any atom is -0.467 e. The molecule has 0 aromatic heterocycles. The van der Waals surface area contributed by atoms with Crippen molar-refractivity contribution in [2.75, 3.05) is 27.3 Å². The maximum Gasteiger partial charge on any atom is 0.339 e. The highest BCUT2D eigenvalue weighted by Gasteiger charge is 2.58. The lowest BCUT2D eigenvalue weighted by molar-refractivity contribution is -0.286. The molecule has 5 rings (SSSR count). The van der Waals surface area contributed by atoms with Crippen molar-refractivity contribution in [3.05, 3.63) is 23.3 Å². The second-order valence-corrected chi connectivity index (χ2v) is 15.5. The van der Waals surface area contributed by atoms with E-state index in [0.29, 0.717) is 18.4 Å². The molecule has 356 valence electrons. The molecule has 3 fully saturated rings. The van der Waals surface area contributed by atoms with Crippen LogP contribution in [-0.4, -0.2) is 147 Å². The highest BCUT2D eigenvalue weighted by Crippen LogP contribution is 2.46. The average molecular weight is 930 g/mol. The molecule has 21 nitrogen and oxygen atoms in total. The summed E-state index contributed by atoms with van der Waals surface area (Å²) in [6.07, 6.45) is -13.7. The first-order valence-corrected chi connectivity index (χ1v) is 20.6. The Hall–Kier alpha value is -5.25. The first-order valence-electron chi connectivity index (χ1n) is 20.6. The molecule has 3 heterocycles. The van der Waals surface area contributed by atoms with Crippen LogP contribution in [0.4, 0.5) is 0 Å². The molecule has 0 spiro atoms. The van der Waals surface area contributed by atoms with Crippen LogP contribution in [0, 0.1) is 5.92 Å². The van der Waals surface area contributed by atoms with Crippen LogP contribution >= 0.6 is 12.4 Å². The number of likely N-dealkylation sites (tertiary alicyclic amines) is 1. The molecule has 0 bridgehead atoms. The van der Waals surface area contributed by atoms with E-state index in [9.17, 15) is 38.4 Å². The zero-order valence-electron chi connectivity index (χ0n) is 37.1. The van der Waals surface area contributed by atoms with E-state index in [2.05, 4.69) is 11.8 Å². The molecule has 12 atom stereocenters. The summed E-state index contributed by atoms with van der Waals surface area (Å²) < 4.78 is 68.5. The molecule has 3 aliphatic heterocycles. The zero-order chi connectivity index (χ0) is 46.3. The topological polar surface area (TPSA) is 251 Å². The van der Waals surface area contributed by atoms with Gasteiger partial charge < -0.3 is 56.8 Å². The van der Waals surface area contributed by atoms with Gasteiger partial charge in [0.25, 0.3) is 0 Å². The number of hydrogen-bond acceptors (Lipinski definition) is 21. The number of piperidine rings is 1. The molecule has 0 unspecified atom stereocenters. The van der Waals surface area contributed by atoms with Crippen LogP contribution in [0.5, 0.6) is 11.5 Å². The Balaban J connectivity index is 0.00000898. The normalized spacial score (nSPS) is 29.6. The second kappa shape index (κ2) is 22.6. The van der Waals surface area contributed by atoms with Crippen molar-refractivity contribution in [3.63, 3.8) is 0 Å². The highest BCUT2D eigenvalue weighted by atomic mass is 35.5. The van der Waals surface area contributed by atoms with Gasteiger partial charge >= 0.3 is 47.8 Å². The summed E-state index contributed by atoms with van der Waals surface area (Å²) in [5, 5.41) is 0. The van der Waals surface area contributed by atoms with Crippen molar-refractivity contribution in [1.29, 1.82) is 0 Å². The Bertz CT molecular complexity index is 1910. The lowest BCUT2D eigenvalue weighted by Crippen LogP contribution is -2.65. The molecule has 4 aliphatic rings. The first kappa shape index (κ1) is 51.4. The Kier molecular flexibility index (Phi) is 18.1. The number of fused-ring (bicyclic) bond motifs is 2. The third kappa shape index (κ3) is 12.1. The van der Waals surface area contributed by atoms with Gasteiger partial charge in [0, 0.05) is 53.1 Å². The van der Waals surface area contributed by atoms with Crippen molar-refractivity contribution in [3.8, 4) is 11.5 Å². The van der Waals surface area contributed by atoms with Crippen LogP contribution in [0.1, 0.15) is 78.9 Å². The lowest BCUT2D eigenvalue weighted by Gasteiger charge is -2.46. The van der Waals surface area contributed by atoms with Crippen LogP contribution in [0.25, 0.3) is 0 Å². The Morgan fingerprint density at radius 2 is 1.05 bits per heavy atom. The SMILES string of the molecule is CCCN1CCC[C@@H]2Cc3c(ccc(O[C@@H]4O[C@H](C(=O)OC)[C@@H](OC(C)=O)[C@H](OC(C)=O)[C@H]4OC(C)=O)c3O[C@@H]3O[C@H](C(=O)OC)[C@@H](OC(C)=O)[C@H](OC(C)=O)[C@H]3OC(C)=O)C[C@H]21.Cl. The fraction of sp³-hybridized carbons (Fsp3) is 0.667. The number of carbonyl (C=O) groups excluding carboxylic acids is 8. The zero-order valence-corrected chi connectivity index (χ0v) is 37.9. The molecule has 1 aliphatic carbocycles. The number of methoxy groups -OCH3 is 2. The quantitative estimate of drug-likeness (QED) is 0.191. The molecule has 0 amide bonds. The number of ether oxygens (including phenoxy) is 12. The maximum absolute atomic E-state index is 13.3. The summed E-state index contributed by atoms with van der Waals surface area (Å²) in [7, 11) is 2.09. The molecule has 64 heavy (non-hydrogen) atoms. The molecule has 22 heteroatoms. The molecular weight excluding hydrogens is 874 g/mol. The molecule has 3 saturated heterocycles. The molecule has 1 aromatic carbocycles. The summed E-state index contributed by atoms with van der Waals surface area (Å²) in [6, 6.07) is 3.47. The highest BCUT2D eigenvalue weighted by molar-refractivity contribution is 5.85. The smallest absolute Gasteiger partial charge is 0.339 e. The van der Waals surface area contributed by atoms with E-state index in [-0.39, 0.29) is 35.9 Å². The Morgan fingerprint density at radius 1 is 0.609 bits per heavy atom. The summed E-state index contributed by atoms with van der Waals surface area (Å²) in [6.45, 7) is 10.2. The van der Waals surface area contributed by atoms with Crippen LogP contribution in [0.3, 0.4) is 0 Å². The predicted octanol–water partition coefficient (Wildman–Crippen LogP) is 1.84. The van der Waals surface area contributed by atoms with Crippen LogP contribution < -0.4 is 9.47 Å². The van der Waals surface area contributed by atoms with Gasteiger partial charge in [-0.3, -0.25) is 33.7 Å².